The van der Waals surface area contributed by atoms with Crippen molar-refractivity contribution in [3.8, 4) is 11.5 Å². The van der Waals surface area contributed by atoms with E-state index in [-0.39, 0.29) is 0 Å². The van der Waals surface area contributed by atoms with E-state index >= 15 is 0 Å². The molecule has 0 aromatic heterocycles. The lowest BCUT2D eigenvalue weighted by Crippen LogP contribution is -2.05. The van der Waals surface area contributed by atoms with E-state index in [1.54, 1.807) is 0 Å². The van der Waals surface area contributed by atoms with Crippen LogP contribution in [0.2, 0.25) is 0 Å². The van der Waals surface area contributed by atoms with Crippen LogP contribution in [0.1, 0.15) is 17.5 Å². The predicted octanol–water partition coefficient (Wildman–Crippen LogP) is 4.06. The third-order valence-corrected chi connectivity index (χ3v) is 3.60. The quantitative estimate of drug-likeness (QED) is 0.766. The number of hydrogen-bond donors (Lipinski definition) is 1. The summed E-state index contributed by atoms with van der Waals surface area (Å²) in [7, 11) is 0. The Morgan fingerprint density at radius 2 is 1.71 bits per heavy atom. The zero-order chi connectivity index (χ0) is 15.1. The van der Waals surface area contributed by atoms with Crippen LogP contribution in [0.15, 0.2) is 46.9 Å². The Bertz CT molecular complexity index is 570. The Morgan fingerprint density at radius 3 is 2.38 bits per heavy atom. The summed E-state index contributed by atoms with van der Waals surface area (Å²) in [4.78, 5) is 0. The lowest BCUT2D eigenvalue weighted by atomic mass is 10.2. The summed E-state index contributed by atoms with van der Waals surface area (Å²) >= 11 is 3.44. The van der Waals surface area contributed by atoms with Gasteiger partial charge in [0, 0.05) is 17.4 Å². The molecule has 21 heavy (non-hydrogen) atoms. The molecule has 0 unspecified atom stereocenters. The van der Waals surface area contributed by atoms with Gasteiger partial charge in [0.15, 0.2) is 0 Å². The molecule has 0 amide bonds. The Hall–Kier alpha value is -1.52. The van der Waals surface area contributed by atoms with Crippen LogP contribution in [0, 0.1) is 6.92 Å². The first-order valence-electron chi connectivity index (χ1n) is 7.00. The van der Waals surface area contributed by atoms with Gasteiger partial charge >= 0.3 is 0 Å². The first-order chi connectivity index (χ1) is 10.2. The fourth-order valence-electron chi connectivity index (χ4n) is 1.93. The Kier molecular flexibility index (Phi) is 6.08. The topological polar surface area (TPSA) is 44.5 Å². The van der Waals surface area contributed by atoms with E-state index in [4.69, 9.17) is 15.2 Å². The average molecular weight is 350 g/mol. The van der Waals surface area contributed by atoms with Crippen LogP contribution in [-0.4, -0.2) is 13.2 Å². The Balaban J connectivity index is 1.69. The number of aryl methyl sites for hydroxylation is 1. The van der Waals surface area contributed by atoms with Crippen molar-refractivity contribution in [3.63, 3.8) is 0 Å². The SMILES string of the molecule is Cc1cc(Br)ccc1OCCCOc1ccc(CN)cc1. The highest BCUT2D eigenvalue weighted by atomic mass is 79.9. The zero-order valence-corrected chi connectivity index (χ0v) is 13.7. The molecular formula is C17H20BrNO2. The van der Waals surface area contributed by atoms with Crippen molar-refractivity contribution in [1.82, 2.24) is 0 Å². The Morgan fingerprint density at radius 1 is 1.00 bits per heavy atom. The van der Waals surface area contributed by atoms with Gasteiger partial charge < -0.3 is 15.2 Å². The molecule has 112 valence electrons. The normalized spacial score (nSPS) is 10.4. The summed E-state index contributed by atoms with van der Waals surface area (Å²) in [6.45, 7) is 3.87. The van der Waals surface area contributed by atoms with Gasteiger partial charge in [-0.1, -0.05) is 28.1 Å². The monoisotopic (exact) mass is 349 g/mol. The van der Waals surface area contributed by atoms with Crippen molar-refractivity contribution >= 4 is 15.9 Å². The molecule has 4 heteroatoms. The van der Waals surface area contributed by atoms with Crippen LogP contribution >= 0.6 is 15.9 Å². The standard InChI is InChI=1S/C17H20BrNO2/c1-13-11-15(18)5-8-17(13)21-10-2-9-20-16-6-3-14(12-19)4-7-16/h3-8,11H,2,9-10,12,19H2,1H3. The molecule has 0 fully saturated rings. The average Bonchev–Trinajstić information content (AvgIpc) is 2.49. The van der Waals surface area contributed by atoms with Crippen LogP contribution in [0.25, 0.3) is 0 Å². The fraction of sp³-hybridized carbons (Fsp3) is 0.294. The largest absolute Gasteiger partial charge is 0.493 e. The second-order valence-electron chi connectivity index (χ2n) is 4.81. The first-order valence-corrected chi connectivity index (χ1v) is 7.79. The molecule has 0 saturated heterocycles. The van der Waals surface area contributed by atoms with Crippen LogP contribution in [0.5, 0.6) is 11.5 Å². The van der Waals surface area contributed by atoms with Gasteiger partial charge in [0.05, 0.1) is 13.2 Å². The fourth-order valence-corrected chi connectivity index (χ4v) is 2.40. The number of hydrogen-bond acceptors (Lipinski definition) is 3. The molecule has 0 spiro atoms. The van der Waals surface area contributed by atoms with Crippen LogP contribution in [-0.2, 0) is 6.54 Å². The first kappa shape index (κ1) is 15.9. The maximum atomic E-state index is 5.75. The highest BCUT2D eigenvalue weighted by Gasteiger charge is 2.00. The second-order valence-corrected chi connectivity index (χ2v) is 5.72. The van der Waals surface area contributed by atoms with Gasteiger partial charge in [-0.05, 0) is 48.4 Å². The molecule has 2 rings (SSSR count). The van der Waals surface area contributed by atoms with Gasteiger partial charge in [0.2, 0.25) is 0 Å². The third kappa shape index (κ3) is 5.06. The molecule has 0 heterocycles. The molecule has 2 aromatic rings. The number of halogens is 1. The summed E-state index contributed by atoms with van der Waals surface area (Å²) < 4.78 is 12.5. The van der Waals surface area contributed by atoms with E-state index in [1.165, 1.54) is 0 Å². The van der Waals surface area contributed by atoms with Gasteiger partial charge in [-0.2, -0.15) is 0 Å². The molecule has 0 atom stereocenters. The van der Waals surface area contributed by atoms with E-state index in [0.717, 1.165) is 33.5 Å². The smallest absolute Gasteiger partial charge is 0.122 e. The number of nitrogens with two attached hydrogens (primary N) is 1. The van der Waals surface area contributed by atoms with Gasteiger partial charge in [-0.25, -0.2) is 0 Å². The lowest BCUT2D eigenvalue weighted by Gasteiger charge is -2.10. The molecule has 0 radical (unpaired) electrons. The van der Waals surface area contributed by atoms with Crippen molar-refractivity contribution in [2.24, 2.45) is 5.73 Å². The highest BCUT2D eigenvalue weighted by molar-refractivity contribution is 9.10. The van der Waals surface area contributed by atoms with Gasteiger partial charge in [-0.15, -0.1) is 0 Å². The van der Waals surface area contributed by atoms with Crippen molar-refractivity contribution in [2.45, 2.75) is 19.9 Å². The summed E-state index contributed by atoms with van der Waals surface area (Å²) in [5.41, 5.74) is 7.79. The van der Waals surface area contributed by atoms with E-state index in [1.807, 2.05) is 49.4 Å². The van der Waals surface area contributed by atoms with E-state index < -0.39 is 0 Å². The minimum Gasteiger partial charge on any atom is -0.493 e. The van der Waals surface area contributed by atoms with Crippen LogP contribution in [0.3, 0.4) is 0 Å². The highest BCUT2D eigenvalue weighted by Crippen LogP contribution is 2.22. The molecule has 0 aliphatic rings. The molecular weight excluding hydrogens is 330 g/mol. The molecule has 0 bridgehead atoms. The minimum atomic E-state index is 0.556. The summed E-state index contributed by atoms with van der Waals surface area (Å²) in [6.07, 6.45) is 0.841. The van der Waals surface area contributed by atoms with Crippen LogP contribution in [0.4, 0.5) is 0 Å². The summed E-state index contributed by atoms with van der Waals surface area (Å²) in [5, 5.41) is 0. The Labute approximate surface area is 134 Å². The molecule has 0 saturated carbocycles. The maximum absolute atomic E-state index is 5.75. The lowest BCUT2D eigenvalue weighted by molar-refractivity contribution is 0.246. The molecule has 2 N–H and O–H groups in total. The molecule has 2 aromatic carbocycles. The van der Waals surface area contributed by atoms with Gasteiger partial charge in [0.1, 0.15) is 11.5 Å². The molecule has 0 aliphatic carbocycles. The summed E-state index contributed by atoms with van der Waals surface area (Å²) in [5.74, 6) is 1.79. The van der Waals surface area contributed by atoms with Crippen molar-refractivity contribution in [1.29, 1.82) is 0 Å². The van der Waals surface area contributed by atoms with Crippen molar-refractivity contribution in [2.75, 3.05) is 13.2 Å². The van der Waals surface area contributed by atoms with Crippen LogP contribution < -0.4 is 15.2 Å². The van der Waals surface area contributed by atoms with E-state index in [0.29, 0.717) is 19.8 Å². The maximum Gasteiger partial charge on any atom is 0.122 e. The van der Waals surface area contributed by atoms with E-state index in [9.17, 15) is 0 Å². The molecule has 0 aliphatic heterocycles. The second kappa shape index (κ2) is 8.05. The van der Waals surface area contributed by atoms with E-state index in [2.05, 4.69) is 15.9 Å². The van der Waals surface area contributed by atoms with Crippen molar-refractivity contribution in [3.05, 3.63) is 58.1 Å². The number of rotatable bonds is 7. The summed E-state index contributed by atoms with van der Waals surface area (Å²) in [6, 6.07) is 13.9. The minimum absolute atomic E-state index is 0.556. The van der Waals surface area contributed by atoms with Gasteiger partial charge in [-0.3, -0.25) is 0 Å². The third-order valence-electron chi connectivity index (χ3n) is 3.11. The van der Waals surface area contributed by atoms with Gasteiger partial charge in [0.25, 0.3) is 0 Å². The predicted molar refractivity (Wildman–Crippen MR) is 88.8 cm³/mol. The molecule has 3 nitrogen and oxygen atoms in total. The number of ether oxygens (including phenoxy) is 2. The zero-order valence-electron chi connectivity index (χ0n) is 12.1. The number of benzene rings is 2. The van der Waals surface area contributed by atoms with Crippen molar-refractivity contribution < 1.29 is 9.47 Å².